The molecular weight excluding hydrogens is 266 g/mol. The number of hydrogen-bond donors (Lipinski definition) is 1. The molecule has 0 saturated heterocycles. The van der Waals surface area contributed by atoms with E-state index in [0.717, 1.165) is 0 Å². The summed E-state index contributed by atoms with van der Waals surface area (Å²) in [5, 5.41) is 15.2. The lowest BCUT2D eigenvalue weighted by Crippen LogP contribution is -2.38. The van der Waals surface area contributed by atoms with Gasteiger partial charge in [0.25, 0.3) is 0 Å². The molecule has 0 radical (unpaired) electrons. The van der Waals surface area contributed by atoms with Crippen molar-refractivity contribution in [2.75, 3.05) is 18.1 Å². The quantitative estimate of drug-likeness (QED) is 0.887. The van der Waals surface area contributed by atoms with Crippen molar-refractivity contribution in [3.05, 3.63) is 18.0 Å². The van der Waals surface area contributed by atoms with Gasteiger partial charge < -0.3 is 5.32 Å². The third kappa shape index (κ3) is 2.67. The normalized spacial score (nSPS) is 12.8. The highest BCUT2D eigenvalue weighted by Crippen LogP contribution is 2.16. The topological polar surface area (TPSA) is 89.2 Å². The number of hydrogen-bond acceptors (Lipinski definition) is 6. The summed E-state index contributed by atoms with van der Waals surface area (Å²) in [5.74, 6) is 1.27. The van der Waals surface area contributed by atoms with Crippen LogP contribution in [0.4, 0.5) is 5.82 Å². The summed E-state index contributed by atoms with van der Waals surface area (Å²) < 4.78 is 24.0. The van der Waals surface area contributed by atoms with E-state index >= 15 is 0 Å². The van der Waals surface area contributed by atoms with Crippen LogP contribution in [0.2, 0.25) is 0 Å². The predicted molar refractivity (Wildman–Crippen MR) is 72.9 cm³/mol. The number of sulfone groups is 1. The van der Waals surface area contributed by atoms with E-state index in [4.69, 9.17) is 0 Å². The molecule has 2 heterocycles. The van der Waals surface area contributed by atoms with Crippen molar-refractivity contribution < 1.29 is 8.42 Å². The molecule has 1 N–H and O–H groups in total. The monoisotopic (exact) mass is 283 g/mol. The summed E-state index contributed by atoms with van der Waals surface area (Å²) in [6.07, 6.45) is 1.23. The largest absolute Gasteiger partial charge is 0.367 e. The van der Waals surface area contributed by atoms with Crippen LogP contribution in [0.3, 0.4) is 0 Å². The Balaban J connectivity index is 2.21. The molecule has 104 valence electrons. The van der Waals surface area contributed by atoms with E-state index in [9.17, 15) is 8.42 Å². The third-order valence-electron chi connectivity index (χ3n) is 3.12. The molecule has 0 bridgehead atoms. The minimum Gasteiger partial charge on any atom is -0.367 e. The number of nitrogens with zero attached hydrogens (tertiary/aromatic N) is 4. The molecule has 0 unspecified atom stereocenters. The van der Waals surface area contributed by atoms with E-state index < -0.39 is 14.6 Å². The second kappa shape index (κ2) is 4.44. The summed E-state index contributed by atoms with van der Waals surface area (Å²) in [6, 6.07) is 3.53. The van der Waals surface area contributed by atoms with E-state index in [0.29, 0.717) is 17.3 Å². The summed E-state index contributed by atoms with van der Waals surface area (Å²) in [7, 11) is -3.13. The maximum absolute atomic E-state index is 11.6. The second-order valence-corrected chi connectivity index (χ2v) is 7.77. The van der Waals surface area contributed by atoms with Gasteiger partial charge in [0, 0.05) is 12.8 Å². The molecule has 0 aliphatic rings. The Bertz CT molecular complexity index is 705. The number of fused-ring (bicyclic) bond motifs is 1. The van der Waals surface area contributed by atoms with Crippen molar-refractivity contribution in [3.8, 4) is 0 Å². The first-order chi connectivity index (χ1) is 8.71. The minimum atomic E-state index is -3.13. The van der Waals surface area contributed by atoms with Crippen molar-refractivity contribution >= 4 is 21.3 Å². The van der Waals surface area contributed by atoms with Crippen LogP contribution in [0.15, 0.2) is 12.1 Å². The van der Waals surface area contributed by atoms with E-state index in [1.54, 1.807) is 37.4 Å². The van der Waals surface area contributed by atoms with Crippen LogP contribution in [0.25, 0.3) is 5.65 Å². The molecule has 0 atom stereocenters. The van der Waals surface area contributed by atoms with Crippen LogP contribution >= 0.6 is 0 Å². The van der Waals surface area contributed by atoms with Crippen molar-refractivity contribution in [1.82, 2.24) is 19.8 Å². The molecule has 0 aliphatic carbocycles. The van der Waals surface area contributed by atoms with Gasteiger partial charge in [-0.3, -0.25) is 0 Å². The lowest BCUT2D eigenvalue weighted by molar-refractivity contribution is 0.559. The standard InChI is InChI=1S/C11H17N5O2S/c1-8-13-14-10-6-5-9(15-16(8)10)12-7-11(2,3)19(4,17)18/h5-6H,7H2,1-4H3,(H,12,15). The minimum absolute atomic E-state index is 0.283. The summed E-state index contributed by atoms with van der Waals surface area (Å²) in [5.41, 5.74) is 0.658. The summed E-state index contributed by atoms with van der Waals surface area (Å²) >= 11 is 0. The van der Waals surface area contributed by atoms with Crippen LogP contribution in [0.5, 0.6) is 0 Å². The van der Waals surface area contributed by atoms with Crippen LogP contribution in [0, 0.1) is 6.92 Å². The van der Waals surface area contributed by atoms with Gasteiger partial charge in [0.2, 0.25) is 0 Å². The summed E-state index contributed by atoms with van der Waals surface area (Å²) in [4.78, 5) is 0. The van der Waals surface area contributed by atoms with Gasteiger partial charge in [-0.2, -0.15) is 4.52 Å². The first-order valence-electron chi connectivity index (χ1n) is 5.83. The molecule has 0 amide bonds. The third-order valence-corrected chi connectivity index (χ3v) is 5.27. The van der Waals surface area contributed by atoms with Crippen LogP contribution in [-0.2, 0) is 9.84 Å². The number of anilines is 1. The number of nitrogens with one attached hydrogen (secondary N) is 1. The number of aromatic nitrogens is 4. The molecule has 2 aromatic heterocycles. The molecule has 0 fully saturated rings. The highest BCUT2D eigenvalue weighted by Gasteiger charge is 2.29. The number of rotatable bonds is 4. The SMILES string of the molecule is Cc1nnc2ccc(NCC(C)(C)S(C)(=O)=O)nn12. The van der Waals surface area contributed by atoms with Crippen molar-refractivity contribution in [2.45, 2.75) is 25.5 Å². The zero-order chi connectivity index (χ0) is 14.3. The lowest BCUT2D eigenvalue weighted by Gasteiger charge is -2.22. The highest BCUT2D eigenvalue weighted by atomic mass is 32.2. The Morgan fingerprint density at radius 3 is 2.63 bits per heavy atom. The molecule has 2 rings (SSSR count). The van der Waals surface area contributed by atoms with Gasteiger partial charge >= 0.3 is 0 Å². The molecular formula is C11H17N5O2S. The molecule has 0 spiro atoms. The zero-order valence-electron chi connectivity index (χ0n) is 11.4. The fraction of sp³-hybridized carbons (Fsp3) is 0.545. The number of aryl methyl sites for hydroxylation is 1. The molecule has 0 saturated carbocycles. The fourth-order valence-electron chi connectivity index (χ4n) is 1.42. The fourth-order valence-corrected chi connectivity index (χ4v) is 1.76. The van der Waals surface area contributed by atoms with E-state index in [1.807, 2.05) is 0 Å². The van der Waals surface area contributed by atoms with Gasteiger partial charge in [-0.15, -0.1) is 15.3 Å². The van der Waals surface area contributed by atoms with Crippen molar-refractivity contribution in [3.63, 3.8) is 0 Å². The maximum Gasteiger partial charge on any atom is 0.178 e. The van der Waals surface area contributed by atoms with E-state index in [2.05, 4.69) is 20.6 Å². The van der Waals surface area contributed by atoms with Gasteiger partial charge in [-0.05, 0) is 32.9 Å². The Morgan fingerprint density at radius 1 is 1.32 bits per heavy atom. The molecule has 2 aromatic rings. The summed E-state index contributed by atoms with van der Waals surface area (Å²) in [6.45, 7) is 5.44. The molecule has 8 heteroatoms. The van der Waals surface area contributed by atoms with Gasteiger partial charge in [-0.1, -0.05) is 0 Å². The second-order valence-electron chi connectivity index (χ2n) is 5.12. The Hall–Kier alpha value is -1.70. The van der Waals surface area contributed by atoms with Crippen LogP contribution in [-0.4, -0.2) is 45.8 Å². The van der Waals surface area contributed by atoms with Gasteiger partial charge in [0.1, 0.15) is 5.82 Å². The lowest BCUT2D eigenvalue weighted by atomic mass is 10.2. The average molecular weight is 283 g/mol. The smallest absolute Gasteiger partial charge is 0.178 e. The van der Waals surface area contributed by atoms with Gasteiger partial charge in [0.05, 0.1) is 4.75 Å². The van der Waals surface area contributed by atoms with Crippen LogP contribution in [0.1, 0.15) is 19.7 Å². The molecule has 0 aliphatic heterocycles. The van der Waals surface area contributed by atoms with Crippen molar-refractivity contribution in [1.29, 1.82) is 0 Å². The van der Waals surface area contributed by atoms with E-state index in [-0.39, 0.29) is 6.54 Å². The van der Waals surface area contributed by atoms with Crippen molar-refractivity contribution in [2.24, 2.45) is 0 Å². The Kier molecular flexibility index (Phi) is 3.21. The van der Waals surface area contributed by atoms with Gasteiger partial charge in [-0.25, -0.2) is 8.42 Å². The molecule has 7 nitrogen and oxygen atoms in total. The van der Waals surface area contributed by atoms with E-state index in [1.165, 1.54) is 6.26 Å². The Morgan fingerprint density at radius 2 is 2.00 bits per heavy atom. The van der Waals surface area contributed by atoms with Gasteiger partial charge in [0.15, 0.2) is 21.3 Å². The first-order valence-corrected chi connectivity index (χ1v) is 7.72. The van der Waals surface area contributed by atoms with Crippen LogP contribution < -0.4 is 5.32 Å². The maximum atomic E-state index is 11.6. The molecule has 19 heavy (non-hydrogen) atoms. The predicted octanol–water partition coefficient (Wildman–Crippen LogP) is 0.668. The first kappa shape index (κ1) is 13.7. The highest BCUT2D eigenvalue weighted by molar-refractivity contribution is 7.92. The Labute approximate surface area is 112 Å². The average Bonchev–Trinajstić information content (AvgIpc) is 2.67. The zero-order valence-corrected chi connectivity index (χ0v) is 12.2. The molecule has 0 aromatic carbocycles.